The van der Waals surface area contributed by atoms with Crippen molar-refractivity contribution in [2.45, 2.75) is 4.90 Å². The Bertz CT molecular complexity index is 988. The van der Waals surface area contributed by atoms with Gasteiger partial charge in [0.1, 0.15) is 5.69 Å². The van der Waals surface area contributed by atoms with Gasteiger partial charge in [-0.3, -0.25) is 0 Å². The van der Waals surface area contributed by atoms with Gasteiger partial charge in [-0.05, 0) is 23.8 Å². The highest BCUT2D eigenvalue weighted by molar-refractivity contribution is 7.90. The zero-order valence-corrected chi connectivity index (χ0v) is 13.5. The van der Waals surface area contributed by atoms with E-state index in [0.717, 1.165) is 11.8 Å². The van der Waals surface area contributed by atoms with Crippen LogP contribution in [0.15, 0.2) is 53.4 Å². The molecule has 1 N–H and O–H groups in total. The lowest BCUT2D eigenvalue weighted by atomic mass is 10.0. The monoisotopic (exact) mass is 329 g/mol. The van der Waals surface area contributed by atoms with E-state index in [0.29, 0.717) is 22.2 Å². The second kappa shape index (κ2) is 5.55. The van der Waals surface area contributed by atoms with Crippen LogP contribution in [0.2, 0.25) is 0 Å². The molecule has 0 bridgehead atoms. The summed E-state index contributed by atoms with van der Waals surface area (Å²) in [5.74, 6) is -0.499. The van der Waals surface area contributed by atoms with E-state index in [2.05, 4.69) is 4.98 Å². The third kappa shape index (κ3) is 2.73. The summed E-state index contributed by atoms with van der Waals surface area (Å²) in [6.45, 7) is 0. The molecule has 0 saturated heterocycles. The Morgan fingerprint density at radius 2 is 1.78 bits per heavy atom. The fraction of sp³-hybridized carbons (Fsp3) is 0.118. The number of carbonyl (C=O) groups is 1. The van der Waals surface area contributed by atoms with Gasteiger partial charge in [-0.1, -0.05) is 30.3 Å². The van der Waals surface area contributed by atoms with Gasteiger partial charge in [-0.2, -0.15) is 0 Å². The summed E-state index contributed by atoms with van der Waals surface area (Å²) in [5, 5.41) is 0.666. The molecule has 3 aromatic rings. The van der Waals surface area contributed by atoms with Gasteiger partial charge >= 0.3 is 5.97 Å². The number of aromatic amines is 1. The quantitative estimate of drug-likeness (QED) is 0.749. The van der Waals surface area contributed by atoms with Crippen LogP contribution >= 0.6 is 0 Å². The van der Waals surface area contributed by atoms with Crippen LogP contribution in [0.4, 0.5) is 0 Å². The predicted molar refractivity (Wildman–Crippen MR) is 88.2 cm³/mol. The minimum atomic E-state index is -3.34. The first-order chi connectivity index (χ1) is 10.9. The van der Waals surface area contributed by atoms with Gasteiger partial charge in [0.25, 0.3) is 0 Å². The molecule has 3 rings (SSSR count). The smallest absolute Gasteiger partial charge is 0.355 e. The third-order valence-electron chi connectivity index (χ3n) is 3.65. The van der Waals surface area contributed by atoms with Crippen LogP contribution in [0.3, 0.4) is 0 Å². The number of ether oxygens (including phenoxy) is 1. The Balaban J connectivity index is 2.38. The van der Waals surface area contributed by atoms with Crippen LogP contribution < -0.4 is 0 Å². The number of aromatic nitrogens is 1. The number of H-pyrrole nitrogens is 1. The molecule has 1 aromatic heterocycles. The average Bonchev–Trinajstić information content (AvgIpc) is 2.92. The highest BCUT2D eigenvalue weighted by Gasteiger charge is 2.21. The normalized spacial score (nSPS) is 11.6. The van der Waals surface area contributed by atoms with Gasteiger partial charge in [0.15, 0.2) is 9.84 Å². The van der Waals surface area contributed by atoms with E-state index in [1.165, 1.54) is 13.2 Å². The Labute approximate surface area is 133 Å². The number of hydrogen-bond acceptors (Lipinski definition) is 4. The SMILES string of the molecule is COC(=O)c1[nH]c2ccc(S(C)(=O)=O)cc2c1-c1ccccc1. The van der Waals surface area contributed by atoms with E-state index in [9.17, 15) is 13.2 Å². The molecule has 6 heteroatoms. The molecule has 0 unspecified atom stereocenters. The first-order valence-electron chi connectivity index (χ1n) is 6.91. The zero-order chi connectivity index (χ0) is 16.6. The maximum atomic E-state index is 12.1. The first kappa shape index (κ1) is 15.3. The van der Waals surface area contributed by atoms with Gasteiger partial charge in [0.05, 0.1) is 12.0 Å². The molecule has 0 radical (unpaired) electrons. The minimum Gasteiger partial charge on any atom is -0.464 e. The molecule has 2 aromatic carbocycles. The number of fused-ring (bicyclic) bond motifs is 1. The van der Waals surface area contributed by atoms with Crippen LogP contribution in [0, 0.1) is 0 Å². The summed E-state index contributed by atoms with van der Waals surface area (Å²) in [7, 11) is -2.03. The van der Waals surface area contributed by atoms with Crippen molar-refractivity contribution in [3.63, 3.8) is 0 Å². The van der Waals surface area contributed by atoms with Gasteiger partial charge in [-0.25, -0.2) is 13.2 Å². The summed E-state index contributed by atoms with van der Waals surface area (Å²) >= 11 is 0. The summed E-state index contributed by atoms with van der Waals surface area (Å²) in [4.78, 5) is 15.3. The summed E-state index contributed by atoms with van der Waals surface area (Å²) in [6, 6.07) is 14.1. The highest BCUT2D eigenvalue weighted by Crippen LogP contribution is 2.34. The lowest BCUT2D eigenvalue weighted by Crippen LogP contribution is -2.03. The largest absolute Gasteiger partial charge is 0.464 e. The predicted octanol–water partition coefficient (Wildman–Crippen LogP) is 3.03. The third-order valence-corrected chi connectivity index (χ3v) is 4.76. The maximum Gasteiger partial charge on any atom is 0.355 e. The Hall–Kier alpha value is -2.60. The van der Waals surface area contributed by atoms with Crippen LogP contribution in [0.1, 0.15) is 10.5 Å². The van der Waals surface area contributed by atoms with E-state index in [4.69, 9.17) is 4.74 Å². The van der Waals surface area contributed by atoms with Crippen molar-refractivity contribution in [3.05, 3.63) is 54.2 Å². The number of methoxy groups -OCH3 is 1. The average molecular weight is 329 g/mol. The van der Waals surface area contributed by atoms with Crippen LogP contribution in [0.5, 0.6) is 0 Å². The topological polar surface area (TPSA) is 76.2 Å². The number of hydrogen-bond donors (Lipinski definition) is 1. The van der Waals surface area contributed by atoms with Gasteiger partial charge in [0.2, 0.25) is 0 Å². The number of sulfone groups is 1. The van der Waals surface area contributed by atoms with Gasteiger partial charge in [-0.15, -0.1) is 0 Å². The van der Waals surface area contributed by atoms with E-state index in [1.807, 2.05) is 30.3 Å². The van der Waals surface area contributed by atoms with E-state index in [-0.39, 0.29) is 4.90 Å². The van der Waals surface area contributed by atoms with Crippen molar-refractivity contribution >= 4 is 26.7 Å². The second-order valence-electron chi connectivity index (χ2n) is 5.21. The van der Waals surface area contributed by atoms with E-state index >= 15 is 0 Å². The van der Waals surface area contributed by atoms with Crippen LogP contribution in [-0.2, 0) is 14.6 Å². The standard InChI is InChI=1S/C17H15NO4S/c1-22-17(19)16-15(11-6-4-3-5-7-11)13-10-12(23(2,20)21)8-9-14(13)18-16/h3-10,18H,1-2H3. The van der Waals surface area contributed by atoms with Crippen molar-refractivity contribution < 1.29 is 17.9 Å². The molecule has 5 nitrogen and oxygen atoms in total. The molecule has 0 fully saturated rings. The molecule has 0 amide bonds. The number of carbonyl (C=O) groups excluding carboxylic acids is 1. The van der Waals surface area contributed by atoms with Gasteiger partial charge in [0, 0.05) is 22.7 Å². The molecule has 0 spiro atoms. The Morgan fingerprint density at radius 1 is 1.09 bits per heavy atom. The molecule has 23 heavy (non-hydrogen) atoms. The van der Waals surface area contributed by atoms with Crippen LogP contribution in [-0.4, -0.2) is 32.7 Å². The lowest BCUT2D eigenvalue weighted by molar-refractivity contribution is 0.0596. The second-order valence-corrected chi connectivity index (χ2v) is 7.23. The molecule has 0 aliphatic heterocycles. The number of esters is 1. The molecular formula is C17H15NO4S. The summed E-state index contributed by atoms with van der Waals surface area (Å²) < 4.78 is 28.5. The fourth-order valence-corrected chi connectivity index (χ4v) is 3.21. The lowest BCUT2D eigenvalue weighted by Gasteiger charge is -2.04. The van der Waals surface area contributed by atoms with Crippen molar-refractivity contribution in [3.8, 4) is 11.1 Å². The van der Waals surface area contributed by atoms with Crippen molar-refractivity contribution in [1.29, 1.82) is 0 Å². The highest BCUT2D eigenvalue weighted by atomic mass is 32.2. The van der Waals surface area contributed by atoms with E-state index < -0.39 is 15.8 Å². The van der Waals surface area contributed by atoms with Gasteiger partial charge < -0.3 is 9.72 Å². The minimum absolute atomic E-state index is 0.206. The molecule has 1 heterocycles. The number of benzene rings is 2. The number of rotatable bonds is 3. The van der Waals surface area contributed by atoms with Crippen LogP contribution in [0.25, 0.3) is 22.0 Å². The van der Waals surface area contributed by atoms with E-state index in [1.54, 1.807) is 12.1 Å². The molecule has 0 saturated carbocycles. The molecule has 0 aliphatic carbocycles. The maximum absolute atomic E-state index is 12.1. The van der Waals surface area contributed by atoms with Crippen molar-refractivity contribution in [2.75, 3.05) is 13.4 Å². The number of nitrogens with one attached hydrogen (secondary N) is 1. The summed E-state index contributed by atoms with van der Waals surface area (Å²) in [5.41, 5.74) is 2.43. The van der Waals surface area contributed by atoms with Crippen molar-refractivity contribution in [2.24, 2.45) is 0 Å². The molecule has 0 aliphatic rings. The Morgan fingerprint density at radius 3 is 2.39 bits per heavy atom. The zero-order valence-electron chi connectivity index (χ0n) is 12.7. The Kier molecular flexibility index (Phi) is 3.69. The molecule has 118 valence electrons. The molecular weight excluding hydrogens is 314 g/mol. The first-order valence-corrected chi connectivity index (χ1v) is 8.80. The summed E-state index contributed by atoms with van der Waals surface area (Å²) in [6.07, 6.45) is 1.16. The van der Waals surface area contributed by atoms with Crippen molar-refractivity contribution in [1.82, 2.24) is 4.98 Å². The fourth-order valence-electron chi connectivity index (χ4n) is 2.56. The molecule has 0 atom stereocenters.